The molecule has 88 valence electrons. The van der Waals surface area contributed by atoms with E-state index < -0.39 is 0 Å². The van der Waals surface area contributed by atoms with Crippen molar-refractivity contribution in [1.82, 2.24) is 0 Å². The van der Waals surface area contributed by atoms with Gasteiger partial charge in [0.05, 0.1) is 11.1 Å². The van der Waals surface area contributed by atoms with Gasteiger partial charge in [0.15, 0.2) is 0 Å². The zero-order valence-corrected chi connectivity index (χ0v) is 10.9. The van der Waals surface area contributed by atoms with Gasteiger partial charge in [0.2, 0.25) is 0 Å². The van der Waals surface area contributed by atoms with Crippen molar-refractivity contribution >= 4 is 32.7 Å². The molecule has 4 N–H and O–H groups in total. The lowest BCUT2D eigenvalue weighted by atomic mass is 9.93. The molecule has 0 aromatic carbocycles. The van der Waals surface area contributed by atoms with Crippen LogP contribution in [0, 0.1) is 22.7 Å². The maximum atomic E-state index is 9.12. The summed E-state index contributed by atoms with van der Waals surface area (Å²) < 4.78 is 0. The quantitative estimate of drug-likeness (QED) is 0.655. The van der Waals surface area contributed by atoms with Gasteiger partial charge in [-0.2, -0.15) is 10.5 Å². The molecule has 0 spiro atoms. The third-order valence-corrected chi connectivity index (χ3v) is 5.26. The number of hydrogen-bond donors (Lipinski definition) is 2. The van der Waals surface area contributed by atoms with Crippen molar-refractivity contribution in [3.8, 4) is 12.1 Å². The van der Waals surface area contributed by atoms with Crippen LogP contribution in [0.5, 0.6) is 0 Å². The number of rotatable bonds is 0. The number of anilines is 2. The highest BCUT2D eigenvalue weighted by atomic mass is 32.1. The Hall–Kier alpha value is -2.02. The Morgan fingerprint density at radius 2 is 1.22 bits per heavy atom. The standard InChI is InChI=1S/C12H8N4S2/c13-3-7-5-1-9-6(2-10(5)18-11(7)15)8(4-14)12(16)17-9/h1-2,15-16H2. The first-order valence-electron chi connectivity index (χ1n) is 5.26. The molecule has 0 aliphatic heterocycles. The Labute approximate surface area is 112 Å². The summed E-state index contributed by atoms with van der Waals surface area (Å²) in [7, 11) is 0. The average molecular weight is 272 g/mol. The highest BCUT2D eigenvalue weighted by Gasteiger charge is 2.27. The topological polar surface area (TPSA) is 99.6 Å². The normalized spacial score (nSPS) is 12.3. The fourth-order valence-corrected chi connectivity index (χ4v) is 4.39. The molecule has 2 aromatic heterocycles. The first-order valence-corrected chi connectivity index (χ1v) is 6.89. The van der Waals surface area contributed by atoms with Gasteiger partial charge in [-0.25, -0.2) is 0 Å². The van der Waals surface area contributed by atoms with Crippen LogP contribution in [0.1, 0.15) is 32.0 Å². The lowest BCUT2D eigenvalue weighted by Crippen LogP contribution is -2.04. The van der Waals surface area contributed by atoms with E-state index in [-0.39, 0.29) is 0 Å². The fraction of sp³-hybridized carbons (Fsp3) is 0.167. The molecule has 0 bridgehead atoms. The Kier molecular flexibility index (Phi) is 2.30. The fourth-order valence-electron chi connectivity index (χ4n) is 2.29. The molecule has 3 rings (SSSR count). The number of nitrogen functional groups attached to an aromatic ring is 2. The monoisotopic (exact) mass is 272 g/mol. The van der Waals surface area contributed by atoms with Crippen LogP contribution in [0.15, 0.2) is 0 Å². The van der Waals surface area contributed by atoms with Crippen molar-refractivity contribution in [3.63, 3.8) is 0 Å². The van der Waals surface area contributed by atoms with Crippen LogP contribution in [0.4, 0.5) is 10.0 Å². The number of nitrogens with two attached hydrogens (primary N) is 2. The average Bonchev–Trinajstić information content (AvgIpc) is 2.80. The van der Waals surface area contributed by atoms with Crippen LogP contribution >= 0.6 is 22.7 Å². The van der Waals surface area contributed by atoms with Crippen LogP contribution in [0.2, 0.25) is 0 Å². The number of fused-ring (bicyclic) bond motifs is 2. The largest absolute Gasteiger partial charge is 0.389 e. The molecule has 2 aromatic rings. The summed E-state index contributed by atoms with van der Waals surface area (Å²) in [6, 6.07) is 4.33. The zero-order chi connectivity index (χ0) is 12.9. The van der Waals surface area contributed by atoms with E-state index in [9.17, 15) is 0 Å². The maximum Gasteiger partial charge on any atom is 0.104 e. The van der Waals surface area contributed by atoms with E-state index in [0.29, 0.717) is 34.0 Å². The molecular formula is C12H8N4S2. The van der Waals surface area contributed by atoms with Gasteiger partial charge in [-0.1, -0.05) is 0 Å². The lowest BCUT2D eigenvalue weighted by molar-refractivity contribution is 1.06. The minimum atomic E-state index is 0.573. The predicted molar refractivity (Wildman–Crippen MR) is 72.5 cm³/mol. The SMILES string of the molecule is N#Cc1c(N)sc2c1Cc1sc(N)c(C#N)c1C2. The van der Waals surface area contributed by atoms with Crippen molar-refractivity contribution in [2.45, 2.75) is 12.8 Å². The van der Waals surface area contributed by atoms with Crippen LogP contribution in [-0.2, 0) is 12.8 Å². The molecular weight excluding hydrogens is 264 g/mol. The summed E-state index contributed by atoms with van der Waals surface area (Å²) in [6.07, 6.45) is 1.33. The number of nitriles is 2. The van der Waals surface area contributed by atoms with Gasteiger partial charge < -0.3 is 11.5 Å². The van der Waals surface area contributed by atoms with E-state index in [2.05, 4.69) is 12.1 Å². The van der Waals surface area contributed by atoms with Gasteiger partial charge in [-0.15, -0.1) is 22.7 Å². The summed E-state index contributed by atoms with van der Waals surface area (Å²) in [5.41, 5.74) is 14.9. The molecule has 2 heterocycles. The van der Waals surface area contributed by atoms with Crippen LogP contribution < -0.4 is 11.5 Å². The smallest absolute Gasteiger partial charge is 0.104 e. The molecule has 1 aliphatic rings. The second-order valence-electron chi connectivity index (χ2n) is 4.06. The molecule has 6 heteroatoms. The predicted octanol–water partition coefficient (Wildman–Crippen LogP) is 2.21. The van der Waals surface area contributed by atoms with E-state index in [0.717, 1.165) is 20.9 Å². The summed E-state index contributed by atoms with van der Waals surface area (Å²) in [5.74, 6) is 0. The highest BCUT2D eigenvalue weighted by Crippen LogP contribution is 2.43. The molecule has 0 atom stereocenters. The van der Waals surface area contributed by atoms with Crippen LogP contribution in [0.25, 0.3) is 0 Å². The molecule has 18 heavy (non-hydrogen) atoms. The highest BCUT2D eigenvalue weighted by molar-refractivity contribution is 7.17. The van der Waals surface area contributed by atoms with E-state index in [1.54, 1.807) is 0 Å². The number of nitrogens with zero attached hydrogens (tertiary/aromatic N) is 2. The molecule has 1 aliphatic carbocycles. The van der Waals surface area contributed by atoms with Gasteiger partial charge in [-0.05, 0) is 11.1 Å². The Morgan fingerprint density at radius 1 is 0.833 bits per heavy atom. The molecule has 0 unspecified atom stereocenters. The van der Waals surface area contributed by atoms with Gasteiger partial charge in [0.25, 0.3) is 0 Å². The van der Waals surface area contributed by atoms with E-state index >= 15 is 0 Å². The zero-order valence-electron chi connectivity index (χ0n) is 9.28. The van der Waals surface area contributed by atoms with Gasteiger partial charge in [0.1, 0.15) is 22.1 Å². The van der Waals surface area contributed by atoms with Gasteiger partial charge >= 0.3 is 0 Å². The van der Waals surface area contributed by atoms with Crippen molar-refractivity contribution in [2.24, 2.45) is 0 Å². The van der Waals surface area contributed by atoms with Crippen molar-refractivity contribution in [1.29, 1.82) is 10.5 Å². The summed E-state index contributed by atoms with van der Waals surface area (Å²) in [4.78, 5) is 2.18. The maximum absolute atomic E-state index is 9.12. The van der Waals surface area contributed by atoms with E-state index in [4.69, 9.17) is 22.0 Å². The summed E-state index contributed by atoms with van der Waals surface area (Å²) >= 11 is 2.89. The minimum Gasteiger partial charge on any atom is -0.389 e. The molecule has 4 nitrogen and oxygen atoms in total. The molecule has 0 saturated heterocycles. The Balaban J connectivity index is 2.18. The van der Waals surface area contributed by atoms with Crippen molar-refractivity contribution in [2.75, 3.05) is 11.5 Å². The van der Waals surface area contributed by atoms with Crippen LogP contribution in [-0.4, -0.2) is 0 Å². The van der Waals surface area contributed by atoms with E-state index in [1.807, 2.05) is 0 Å². The van der Waals surface area contributed by atoms with Crippen molar-refractivity contribution in [3.05, 3.63) is 32.0 Å². The summed E-state index contributed by atoms with van der Waals surface area (Å²) in [5, 5.41) is 19.4. The Morgan fingerprint density at radius 3 is 1.56 bits per heavy atom. The molecule has 0 fully saturated rings. The summed E-state index contributed by atoms with van der Waals surface area (Å²) in [6.45, 7) is 0. The minimum absolute atomic E-state index is 0.573. The van der Waals surface area contributed by atoms with E-state index in [1.165, 1.54) is 22.7 Å². The van der Waals surface area contributed by atoms with Gasteiger partial charge in [-0.3, -0.25) is 0 Å². The second-order valence-corrected chi connectivity index (χ2v) is 6.34. The number of thiophene rings is 2. The molecule has 0 saturated carbocycles. The second kappa shape index (κ2) is 3.74. The first kappa shape index (κ1) is 11.1. The lowest BCUT2D eigenvalue weighted by Gasteiger charge is -2.12. The Bertz CT molecular complexity index is 675. The first-order chi connectivity index (χ1) is 8.65. The number of hydrogen-bond acceptors (Lipinski definition) is 6. The molecule has 0 amide bonds. The van der Waals surface area contributed by atoms with Gasteiger partial charge in [0, 0.05) is 22.6 Å². The van der Waals surface area contributed by atoms with Crippen molar-refractivity contribution < 1.29 is 0 Å². The molecule has 0 radical (unpaired) electrons. The van der Waals surface area contributed by atoms with Crippen LogP contribution in [0.3, 0.4) is 0 Å². The third kappa shape index (κ3) is 1.34. The third-order valence-electron chi connectivity index (χ3n) is 3.13.